The molecule has 47 heavy (non-hydrogen) atoms. The number of hydrogen-bond acceptors (Lipinski definition) is 7. The molecular weight excluding hydrogens is 790 g/mol. The molecule has 11 nitrogen and oxygen atoms in total. The van der Waals surface area contributed by atoms with Crippen molar-refractivity contribution in [2.45, 2.75) is 73.4 Å². The van der Waals surface area contributed by atoms with Gasteiger partial charge in [-0.15, -0.1) is 0 Å². The van der Waals surface area contributed by atoms with Crippen LogP contribution in [-0.2, 0) is 17.6 Å². The second-order valence-electron chi connectivity index (χ2n) is 11.1. The maximum absolute atomic E-state index is 5.13. The van der Waals surface area contributed by atoms with E-state index < -0.39 is 0 Å². The van der Waals surface area contributed by atoms with E-state index in [1.807, 2.05) is 106 Å². The quantitative estimate of drug-likeness (QED) is 0.157. The van der Waals surface area contributed by atoms with Crippen LogP contribution in [0.1, 0.15) is 66.9 Å². The zero-order chi connectivity index (χ0) is 34.3. The molecule has 6 rings (SSSR count). The topological polar surface area (TPSA) is 106 Å². The molecule has 2 unspecified atom stereocenters. The predicted octanol–water partition coefficient (Wildman–Crippen LogP) is 7.45. The number of methoxy groups -OCH3 is 1. The van der Waals surface area contributed by atoms with Gasteiger partial charge in [0, 0.05) is 67.7 Å². The third-order valence-corrected chi connectivity index (χ3v) is 7.68. The van der Waals surface area contributed by atoms with Gasteiger partial charge in [0.05, 0.1) is 31.2 Å². The van der Waals surface area contributed by atoms with Crippen molar-refractivity contribution in [1.29, 1.82) is 0 Å². The number of hydrogen-bond donors (Lipinski definition) is 0. The number of rotatable bonds is 8. The molecule has 0 fully saturated rings. The van der Waals surface area contributed by atoms with Crippen LogP contribution in [0.25, 0.3) is 11.6 Å². The molecule has 0 aliphatic heterocycles. The number of aromatic nitrogens is 10. The molecule has 13 heteroatoms. The molecule has 6 heterocycles. The Morgan fingerprint density at radius 2 is 1.30 bits per heavy atom. The standard InChI is InChI=1S/C12H18N4.C11H13N3O.C11H13N3.ClH.Os/c1-3-12(16-7-5-14-10-16)8-11(2)15-6-4-13-9-15;1-8-7-14(13-9(8)2)11-6-10(15-3)4-5-12-11;1-8-4-5-12-11(6-8)14-7-9(2)10(3)13-14;;/h4-7,9-12H,3,8H2,1-2H3;4-7H,1-3H3;4-7H,1-3H3;1H;/q;;;;+1/p-1. The molecule has 0 amide bonds. The van der Waals surface area contributed by atoms with Crippen molar-refractivity contribution in [3.05, 3.63) is 115 Å². The third kappa shape index (κ3) is 11.0. The number of nitrogens with zero attached hydrogens (tertiary/aromatic N) is 10. The molecule has 0 bridgehead atoms. The van der Waals surface area contributed by atoms with Gasteiger partial charge >= 0.3 is 27.2 Å². The van der Waals surface area contributed by atoms with Crippen LogP contribution in [0, 0.1) is 34.6 Å². The second kappa shape index (κ2) is 18.9. The molecule has 2 atom stereocenters. The first-order valence-corrected chi connectivity index (χ1v) is 18.4. The normalized spacial score (nSPS) is 11.6. The van der Waals surface area contributed by atoms with Crippen LogP contribution in [0.4, 0.5) is 0 Å². The molecule has 0 aromatic carbocycles. The van der Waals surface area contributed by atoms with Gasteiger partial charge in [-0.05, 0) is 89.3 Å². The van der Waals surface area contributed by atoms with Crippen molar-refractivity contribution in [2.75, 3.05) is 7.11 Å². The fourth-order valence-electron chi connectivity index (χ4n) is 4.65. The van der Waals surface area contributed by atoms with Crippen LogP contribution in [0.3, 0.4) is 0 Å². The number of pyridine rings is 2. The van der Waals surface area contributed by atoms with Crippen LogP contribution in [0.5, 0.6) is 5.75 Å². The van der Waals surface area contributed by atoms with Crippen LogP contribution >= 0.6 is 9.64 Å². The van der Waals surface area contributed by atoms with Gasteiger partial charge in [0.2, 0.25) is 0 Å². The summed E-state index contributed by atoms with van der Waals surface area (Å²) in [6.07, 6.45) is 21.2. The van der Waals surface area contributed by atoms with Gasteiger partial charge < -0.3 is 13.9 Å². The Morgan fingerprint density at radius 1 is 0.766 bits per heavy atom. The van der Waals surface area contributed by atoms with Crippen LogP contribution < -0.4 is 4.74 Å². The molecule has 0 radical (unpaired) electrons. The zero-order valence-electron chi connectivity index (χ0n) is 28.3. The number of imidazole rings is 2. The van der Waals surface area contributed by atoms with Crippen molar-refractivity contribution in [3.63, 3.8) is 0 Å². The molecule has 0 aliphatic rings. The molecule has 6 aromatic heterocycles. The molecule has 0 N–H and O–H groups in total. The first-order valence-electron chi connectivity index (χ1n) is 15.3. The van der Waals surface area contributed by atoms with Gasteiger partial charge in [0.15, 0.2) is 11.6 Å². The first kappa shape index (κ1) is 37.3. The van der Waals surface area contributed by atoms with Crippen molar-refractivity contribution < 1.29 is 22.3 Å². The van der Waals surface area contributed by atoms with E-state index >= 15 is 0 Å². The van der Waals surface area contributed by atoms with Crippen molar-refractivity contribution in [1.82, 2.24) is 48.6 Å². The van der Waals surface area contributed by atoms with Crippen molar-refractivity contribution >= 4 is 9.64 Å². The fourth-order valence-corrected chi connectivity index (χ4v) is 4.65. The first-order chi connectivity index (χ1) is 22.7. The van der Waals surface area contributed by atoms with E-state index in [1.165, 1.54) is 28.7 Å². The van der Waals surface area contributed by atoms with Gasteiger partial charge in [0.1, 0.15) is 5.75 Å². The number of halogens is 1. The van der Waals surface area contributed by atoms with E-state index in [0.717, 1.165) is 47.2 Å². The third-order valence-electron chi connectivity index (χ3n) is 7.68. The number of ether oxygens (including phenoxy) is 1. The van der Waals surface area contributed by atoms with E-state index in [-0.39, 0.29) is 0 Å². The van der Waals surface area contributed by atoms with Gasteiger partial charge in [-0.3, -0.25) is 0 Å². The number of aryl methyl sites for hydroxylation is 5. The molecule has 0 spiro atoms. The van der Waals surface area contributed by atoms with Gasteiger partial charge in [-0.1, -0.05) is 6.92 Å². The molecular formula is C34H44ClN10OOs. The van der Waals surface area contributed by atoms with E-state index in [1.54, 1.807) is 24.2 Å². The molecule has 0 aliphatic carbocycles. The summed E-state index contributed by atoms with van der Waals surface area (Å²) in [5, 5.41) is 8.73. The zero-order valence-corrected chi connectivity index (χ0v) is 31.6. The summed E-state index contributed by atoms with van der Waals surface area (Å²) < 4.78 is 13.0. The van der Waals surface area contributed by atoms with E-state index in [4.69, 9.17) is 4.74 Å². The Hall–Kier alpha value is -4.13. The Morgan fingerprint density at radius 3 is 1.74 bits per heavy atom. The van der Waals surface area contributed by atoms with Gasteiger partial charge in [-0.2, -0.15) is 10.2 Å². The Bertz CT molecular complexity index is 1710. The maximum atomic E-state index is 5.13. The Balaban J connectivity index is 0.000000187. The van der Waals surface area contributed by atoms with Gasteiger partial charge in [-0.25, -0.2) is 29.3 Å². The monoisotopic (exact) mass is 835 g/mol. The molecule has 0 saturated carbocycles. The van der Waals surface area contributed by atoms with Crippen LogP contribution in [0.15, 0.2) is 86.5 Å². The Kier molecular flexibility index (Phi) is 15.0. The summed E-state index contributed by atoms with van der Waals surface area (Å²) in [6, 6.07) is 8.65. The summed E-state index contributed by atoms with van der Waals surface area (Å²) in [5.74, 6) is 2.43. The summed E-state index contributed by atoms with van der Waals surface area (Å²) in [7, 11) is 6.30. The minimum atomic E-state index is 0.467. The molecule has 6 aromatic rings. The molecule has 0 saturated heterocycles. The average Bonchev–Trinajstić information content (AvgIpc) is 3.92. The van der Waals surface area contributed by atoms with Crippen molar-refractivity contribution in [3.8, 4) is 17.4 Å². The van der Waals surface area contributed by atoms with E-state index in [2.05, 4.69) is 69.7 Å². The second-order valence-corrected chi connectivity index (χ2v) is 11.1. The van der Waals surface area contributed by atoms with Crippen LogP contribution in [-0.4, -0.2) is 55.7 Å². The fraction of sp³-hybridized carbons (Fsp3) is 0.353. The predicted molar refractivity (Wildman–Crippen MR) is 182 cm³/mol. The Labute approximate surface area is 292 Å². The summed E-state index contributed by atoms with van der Waals surface area (Å²) in [5.41, 5.74) is 5.60. The minimum absolute atomic E-state index is 0.467. The molecule has 251 valence electrons. The summed E-state index contributed by atoms with van der Waals surface area (Å²) in [6.45, 7) is 14.5. The average molecular weight is 834 g/mol. The van der Waals surface area contributed by atoms with Crippen LogP contribution in [0.2, 0.25) is 0 Å². The van der Waals surface area contributed by atoms with Gasteiger partial charge in [0.25, 0.3) is 0 Å². The van der Waals surface area contributed by atoms with E-state index in [0.29, 0.717) is 12.1 Å². The van der Waals surface area contributed by atoms with E-state index in [9.17, 15) is 0 Å². The summed E-state index contributed by atoms with van der Waals surface area (Å²) >= 11 is 1.33. The summed E-state index contributed by atoms with van der Waals surface area (Å²) in [4.78, 5) is 16.7. The van der Waals surface area contributed by atoms with Crippen molar-refractivity contribution in [2.24, 2.45) is 0 Å². The SMILES string of the molecule is CCC(CC(C)n1ccnc1)n1ccnc1.COc1ccnc(-n2cc(C)c(C)n2)c1.Cc1ccnc(-n2cc(C)c(C)n2)c1.[Cl][Os].